The summed E-state index contributed by atoms with van der Waals surface area (Å²) >= 11 is 6.22. The maximum absolute atomic E-state index is 12.6. The molecule has 7 heteroatoms. The highest BCUT2D eigenvalue weighted by atomic mass is 35.5. The lowest BCUT2D eigenvalue weighted by atomic mass is 10.1. The van der Waals surface area contributed by atoms with E-state index in [1.165, 1.54) is 6.07 Å². The minimum atomic E-state index is -0.446. The van der Waals surface area contributed by atoms with Gasteiger partial charge in [-0.3, -0.25) is 9.69 Å². The molecule has 2 aromatic rings. The van der Waals surface area contributed by atoms with Crippen molar-refractivity contribution in [1.82, 2.24) is 4.90 Å². The monoisotopic (exact) mass is 402 g/mol. The van der Waals surface area contributed by atoms with Crippen molar-refractivity contribution in [2.24, 2.45) is 0 Å². The number of halogens is 1. The van der Waals surface area contributed by atoms with Gasteiger partial charge in [-0.05, 0) is 42.8 Å². The van der Waals surface area contributed by atoms with Crippen LogP contribution in [0.4, 0.5) is 5.69 Å². The fraction of sp³-hybridized carbons (Fsp3) is 0.333. The number of anilines is 1. The third-order valence-corrected chi connectivity index (χ3v) is 4.74. The molecule has 0 spiro atoms. The molecule has 0 aliphatic carbocycles. The standard InChI is InChI=1S/C21H23ClN2O4/c1-2-28-21(26)17-6-7-19(18(22)13-17)23-20(25)16-5-3-4-15(12-16)14-24-8-10-27-11-9-24/h3-7,12-13H,2,8-11,14H2,1H3,(H,23,25). The summed E-state index contributed by atoms with van der Waals surface area (Å²) < 4.78 is 10.3. The molecule has 0 atom stereocenters. The third-order valence-electron chi connectivity index (χ3n) is 4.43. The van der Waals surface area contributed by atoms with Gasteiger partial charge in [-0.25, -0.2) is 4.79 Å². The maximum atomic E-state index is 12.6. The Labute approximate surface area is 169 Å². The van der Waals surface area contributed by atoms with E-state index in [0.717, 1.165) is 38.4 Å². The Bertz CT molecular complexity index is 850. The van der Waals surface area contributed by atoms with Gasteiger partial charge in [-0.1, -0.05) is 23.7 Å². The predicted molar refractivity (Wildman–Crippen MR) is 108 cm³/mol. The van der Waals surface area contributed by atoms with Crippen LogP contribution in [0.15, 0.2) is 42.5 Å². The average Bonchev–Trinajstić information content (AvgIpc) is 2.70. The van der Waals surface area contributed by atoms with Gasteiger partial charge in [-0.2, -0.15) is 0 Å². The number of benzene rings is 2. The van der Waals surface area contributed by atoms with Crippen LogP contribution in [-0.4, -0.2) is 49.7 Å². The molecule has 1 amide bonds. The van der Waals surface area contributed by atoms with Gasteiger partial charge >= 0.3 is 5.97 Å². The summed E-state index contributed by atoms with van der Waals surface area (Å²) in [6, 6.07) is 12.2. The number of nitrogens with one attached hydrogen (secondary N) is 1. The Morgan fingerprint density at radius 3 is 2.64 bits per heavy atom. The molecule has 148 valence electrons. The first-order chi connectivity index (χ1) is 13.6. The summed E-state index contributed by atoms with van der Waals surface area (Å²) in [5, 5.41) is 3.08. The van der Waals surface area contributed by atoms with Crippen LogP contribution in [0.1, 0.15) is 33.2 Å². The molecular weight excluding hydrogens is 380 g/mol. The van der Waals surface area contributed by atoms with Crippen LogP contribution in [0.3, 0.4) is 0 Å². The number of amides is 1. The Balaban J connectivity index is 1.67. The number of hydrogen-bond donors (Lipinski definition) is 1. The quantitative estimate of drug-likeness (QED) is 0.748. The van der Waals surface area contributed by atoms with Crippen molar-refractivity contribution in [3.05, 3.63) is 64.2 Å². The van der Waals surface area contributed by atoms with Crippen molar-refractivity contribution < 1.29 is 19.1 Å². The largest absolute Gasteiger partial charge is 0.462 e. The molecule has 1 aliphatic heterocycles. The molecule has 1 aliphatic rings. The van der Waals surface area contributed by atoms with Crippen molar-refractivity contribution in [3.63, 3.8) is 0 Å². The molecule has 0 bridgehead atoms. The fourth-order valence-electron chi connectivity index (χ4n) is 2.98. The zero-order valence-corrected chi connectivity index (χ0v) is 16.5. The summed E-state index contributed by atoms with van der Waals surface area (Å²) in [4.78, 5) is 26.7. The number of ether oxygens (including phenoxy) is 2. The number of esters is 1. The van der Waals surface area contributed by atoms with Gasteiger partial charge in [-0.15, -0.1) is 0 Å². The number of morpholine rings is 1. The molecule has 0 saturated carbocycles. The molecule has 6 nitrogen and oxygen atoms in total. The second kappa shape index (κ2) is 9.68. The van der Waals surface area contributed by atoms with E-state index in [1.807, 2.05) is 18.2 Å². The van der Waals surface area contributed by atoms with E-state index in [2.05, 4.69) is 10.2 Å². The molecule has 1 heterocycles. The first-order valence-electron chi connectivity index (χ1n) is 9.24. The number of hydrogen-bond acceptors (Lipinski definition) is 5. The Morgan fingerprint density at radius 2 is 1.93 bits per heavy atom. The van der Waals surface area contributed by atoms with Crippen molar-refractivity contribution in [2.45, 2.75) is 13.5 Å². The van der Waals surface area contributed by atoms with Gasteiger partial charge < -0.3 is 14.8 Å². The van der Waals surface area contributed by atoms with Crippen molar-refractivity contribution in [1.29, 1.82) is 0 Å². The molecule has 0 radical (unpaired) electrons. The normalized spacial score (nSPS) is 14.5. The van der Waals surface area contributed by atoms with Crippen LogP contribution in [-0.2, 0) is 16.0 Å². The second-order valence-corrected chi connectivity index (χ2v) is 6.87. The zero-order chi connectivity index (χ0) is 19.9. The van der Waals surface area contributed by atoms with Gasteiger partial charge in [0.2, 0.25) is 0 Å². The number of rotatable bonds is 6. The van der Waals surface area contributed by atoms with Gasteiger partial charge in [0, 0.05) is 25.2 Å². The van der Waals surface area contributed by atoms with Crippen molar-refractivity contribution >= 4 is 29.2 Å². The molecule has 0 aromatic heterocycles. The maximum Gasteiger partial charge on any atom is 0.338 e. The van der Waals surface area contributed by atoms with Crippen LogP contribution in [0.2, 0.25) is 5.02 Å². The minimum absolute atomic E-state index is 0.255. The van der Waals surface area contributed by atoms with E-state index in [4.69, 9.17) is 21.1 Å². The zero-order valence-electron chi connectivity index (χ0n) is 15.7. The van der Waals surface area contributed by atoms with Crippen LogP contribution >= 0.6 is 11.6 Å². The summed E-state index contributed by atoms with van der Waals surface area (Å²) in [6.07, 6.45) is 0. The summed E-state index contributed by atoms with van der Waals surface area (Å²) in [5.74, 6) is -0.701. The van der Waals surface area contributed by atoms with Crippen LogP contribution < -0.4 is 5.32 Å². The molecule has 28 heavy (non-hydrogen) atoms. The van der Waals surface area contributed by atoms with E-state index in [1.54, 1.807) is 25.1 Å². The minimum Gasteiger partial charge on any atom is -0.462 e. The summed E-state index contributed by atoms with van der Waals surface area (Å²) in [7, 11) is 0. The molecule has 0 unspecified atom stereocenters. The van der Waals surface area contributed by atoms with Crippen molar-refractivity contribution in [2.75, 3.05) is 38.2 Å². The summed E-state index contributed by atoms with van der Waals surface area (Å²) in [5.41, 5.74) is 2.41. The van der Waals surface area contributed by atoms with E-state index >= 15 is 0 Å². The van der Waals surface area contributed by atoms with Crippen LogP contribution in [0, 0.1) is 0 Å². The molecule has 1 N–H and O–H groups in total. The SMILES string of the molecule is CCOC(=O)c1ccc(NC(=O)c2cccc(CN3CCOCC3)c2)c(Cl)c1. The van der Waals surface area contributed by atoms with Crippen LogP contribution in [0.5, 0.6) is 0 Å². The number of carbonyl (C=O) groups is 2. The second-order valence-electron chi connectivity index (χ2n) is 6.46. The molecule has 1 saturated heterocycles. The first-order valence-corrected chi connectivity index (χ1v) is 9.61. The summed E-state index contributed by atoms with van der Waals surface area (Å²) in [6.45, 7) is 6.05. The van der Waals surface area contributed by atoms with Crippen molar-refractivity contribution in [3.8, 4) is 0 Å². The molecular formula is C21H23ClN2O4. The Hall–Kier alpha value is -2.41. The molecule has 2 aromatic carbocycles. The Morgan fingerprint density at radius 1 is 1.14 bits per heavy atom. The van der Waals surface area contributed by atoms with Crippen LogP contribution in [0.25, 0.3) is 0 Å². The lowest BCUT2D eigenvalue weighted by Gasteiger charge is -2.26. The van der Waals surface area contributed by atoms with Gasteiger partial charge in [0.1, 0.15) is 0 Å². The highest BCUT2D eigenvalue weighted by Gasteiger charge is 2.14. The lowest BCUT2D eigenvalue weighted by molar-refractivity contribution is 0.0342. The highest BCUT2D eigenvalue weighted by Crippen LogP contribution is 2.24. The number of nitrogens with zero attached hydrogens (tertiary/aromatic N) is 1. The van der Waals surface area contributed by atoms with E-state index in [-0.39, 0.29) is 17.5 Å². The predicted octanol–water partition coefficient (Wildman–Crippen LogP) is 3.60. The van der Waals surface area contributed by atoms with Gasteiger partial charge in [0.15, 0.2) is 0 Å². The van der Waals surface area contributed by atoms with Gasteiger partial charge in [0.25, 0.3) is 5.91 Å². The van der Waals surface area contributed by atoms with Gasteiger partial charge in [0.05, 0.1) is 36.1 Å². The van der Waals surface area contributed by atoms with E-state index in [0.29, 0.717) is 16.8 Å². The highest BCUT2D eigenvalue weighted by molar-refractivity contribution is 6.34. The molecule has 1 fully saturated rings. The van der Waals surface area contributed by atoms with E-state index in [9.17, 15) is 9.59 Å². The fourth-order valence-corrected chi connectivity index (χ4v) is 3.21. The smallest absolute Gasteiger partial charge is 0.338 e. The number of carbonyl (C=O) groups excluding carboxylic acids is 2. The van der Waals surface area contributed by atoms with E-state index < -0.39 is 5.97 Å². The Kier molecular flexibility index (Phi) is 7.03. The average molecular weight is 403 g/mol. The first kappa shape index (κ1) is 20.3. The third kappa shape index (κ3) is 5.32. The topological polar surface area (TPSA) is 67.9 Å². The lowest BCUT2D eigenvalue weighted by Crippen LogP contribution is -2.35. The molecule has 3 rings (SSSR count).